The van der Waals surface area contributed by atoms with Gasteiger partial charge in [-0.25, -0.2) is 0 Å². The molecule has 2 amide bonds. The van der Waals surface area contributed by atoms with Crippen LogP contribution in [0.1, 0.15) is 44.8 Å². The van der Waals surface area contributed by atoms with Crippen molar-refractivity contribution in [3.05, 3.63) is 95.6 Å². The van der Waals surface area contributed by atoms with Gasteiger partial charge in [0.1, 0.15) is 0 Å². The van der Waals surface area contributed by atoms with Crippen LogP contribution in [-0.4, -0.2) is 40.3 Å². The molecule has 3 rings (SSSR count). The Balaban J connectivity index is 1.63. The van der Waals surface area contributed by atoms with Crippen LogP contribution in [0.2, 0.25) is 0 Å². The monoisotopic (exact) mass is 388 g/mol. The number of rotatable bonds is 7. The quantitative estimate of drug-likeness (QED) is 0.674. The van der Waals surface area contributed by atoms with Crippen LogP contribution in [0.4, 0.5) is 0 Å². The second-order valence-corrected chi connectivity index (χ2v) is 6.90. The maximum atomic E-state index is 12.7. The highest BCUT2D eigenvalue weighted by atomic mass is 16.2. The molecule has 0 saturated carbocycles. The number of carbonyl (C=O) groups is 2. The lowest BCUT2D eigenvalue weighted by molar-refractivity contribution is 0.0796. The van der Waals surface area contributed by atoms with Gasteiger partial charge in [0, 0.05) is 38.4 Å². The Morgan fingerprint density at radius 3 is 2.41 bits per heavy atom. The molecule has 148 valence electrons. The Kier molecular flexibility index (Phi) is 6.68. The van der Waals surface area contributed by atoms with Crippen molar-refractivity contribution >= 4 is 11.8 Å². The molecule has 0 spiro atoms. The normalized spacial score (nSPS) is 11.5. The van der Waals surface area contributed by atoms with Gasteiger partial charge >= 0.3 is 0 Å². The maximum Gasteiger partial charge on any atom is 0.255 e. The zero-order valence-corrected chi connectivity index (χ0v) is 16.6. The summed E-state index contributed by atoms with van der Waals surface area (Å²) in [5, 5.41) is 2.94. The number of carbonyl (C=O) groups excluding carboxylic acids is 2. The molecule has 3 aromatic rings. The largest absolute Gasteiger partial charge is 0.345 e. The molecule has 0 aliphatic heterocycles. The number of hydrogen-bond donors (Lipinski definition) is 1. The molecule has 2 aromatic heterocycles. The minimum Gasteiger partial charge on any atom is -0.345 e. The number of amides is 2. The third-order valence-corrected chi connectivity index (χ3v) is 4.73. The van der Waals surface area contributed by atoms with Gasteiger partial charge in [0.05, 0.1) is 17.2 Å². The predicted molar refractivity (Wildman–Crippen MR) is 111 cm³/mol. The molecule has 29 heavy (non-hydrogen) atoms. The van der Waals surface area contributed by atoms with E-state index in [2.05, 4.69) is 15.3 Å². The summed E-state index contributed by atoms with van der Waals surface area (Å²) in [5.74, 6) is -0.430. The van der Waals surface area contributed by atoms with Gasteiger partial charge in [-0.3, -0.25) is 19.6 Å². The Bertz CT molecular complexity index is 961. The summed E-state index contributed by atoms with van der Waals surface area (Å²) in [5.41, 5.74) is 2.88. The van der Waals surface area contributed by atoms with Crippen molar-refractivity contribution < 1.29 is 9.59 Å². The van der Waals surface area contributed by atoms with Crippen molar-refractivity contribution in [2.45, 2.75) is 19.4 Å². The summed E-state index contributed by atoms with van der Waals surface area (Å²) in [6, 6.07) is 15.0. The van der Waals surface area contributed by atoms with Crippen LogP contribution in [0.5, 0.6) is 0 Å². The molecule has 0 saturated heterocycles. The zero-order valence-electron chi connectivity index (χ0n) is 16.6. The van der Waals surface area contributed by atoms with Crippen molar-refractivity contribution in [2.75, 3.05) is 13.6 Å². The van der Waals surface area contributed by atoms with Gasteiger partial charge in [-0.15, -0.1) is 0 Å². The Morgan fingerprint density at radius 1 is 1.00 bits per heavy atom. The van der Waals surface area contributed by atoms with Crippen molar-refractivity contribution in [2.24, 2.45) is 0 Å². The maximum absolute atomic E-state index is 12.7. The van der Waals surface area contributed by atoms with E-state index in [-0.39, 0.29) is 17.9 Å². The van der Waals surface area contributed by atoms with Gasteiger partial charge in [0.2, 0.25) is 0 Å². The lowest BCUT2D eigenvalue weighted by atomic mass is 10.1. The van der Waals surface area contributed by atoms with E-state index < -0.39 is 0 Å². The summed E-state index contributed by atoms with van der Waals surface area (Å²) in [7, 11) is 1.74. The van der Waals surface area contributed by atoms with Gasteiger partial charge in [-0.1, -0.05) is 30.3 Å². The van der Waals surface area contributed by atoms with E-state index in [1.807, 2.05) is 49.4 Å². The Morgan fingerprint density at radius 2 is 1.69 bits per heavy atom. The molecule has 1 atom stereocenters. The smallest absolute Gasteiger partial charge is 0.255 e. The average molecular weight is 388 g/mol. The van der Waals surface area contributed by atoms with E-state index in [1.54, 1.807) is 30.4 Å². The highest BCUT2D eigenvalue weighted by molar-refractivity contribution is 5.99. The molecule has 6 heteroatoms. The van der Waals surface area contributed by atoms with Crippen LogP contribution in [-0.2, 0) is 6.42 Å². The Hall–Kier alpha value is -3.54. The first-order valence-corrected chi connectivity index (χ1v) is 9.50. The standard InChI is InChI=1S/C23H24N4O2/c1-17(19-6-4-3-5-7-19)26-22(28)20-14-21(16-25-15-20)23(29)27(2)13-10-18-8-11-24-12-9-18/h3-9,11-12,14-17H,10,13H2,1-2H3,(H,26,28). The van der Waals surface area contributed by atoms with Gasteiger partial charge < -0.3 is 10.2 Å². The number of likely N-dealkylation sites (N-methyl/N-ethyl adjacent to an activating group) is 1. The first-order chi connectivity index (χ1) is 14.0. The van der Waals surface area contributed by atoms with E-state index in [9.17, 15) is 9.59 Å². The lowest BCUT2D eigenvalue weighted by Crippen LogP contribution is -2.30. The summed E-state index contributed by atoms with van der Waals surface area (Å²) in [6.45, 7) is 2.48. The van der Waals surface area contributed by atoms with Gasteiger partial charge in [0.15, 0.2) is 0 Å². The molecule has 1 unspecified atom stereocenters. The molecule has 0 radical (unpaired) electrons. The number of hydrogen-bond acceptors (Lipinski definition) is 4. The van der Waals surface area contributed by atoms with Crippen LogP contribution in [0.15, 0.2) is 73.3 Å². The van der Waals surface area contributed by atoms with Gasteiger partial charge in [0.25, 0.3) is 11.8 Å². The number of benzene rings is 1. The van der Waals surface area contributed by atoms with Crippen molar-refractivity contribution in [3.8, 4) is 0 Å². The van der Waals surface area contributed by atoms with Gasteiger partial charge in [-0.05, 0) is 42.7 Å². The molecule has 0 aliphatic rings. The fourth-order valence-corrected chi connectivity index (χ4v) is 2.95. The first-order valence-electron chi connectivity index (χ1n) is 9.50. The Labute approximate surface area is 170 Å². The van der Waals surface area contributed by atoms with Crippen molar-refractivity contribution in [1.82, 2.24) is 20.2 Å². The average Bonchev–Trinajstić information content (AvgIpc) is 2.78. The molecule has 0 aliphatic carbocycles. The first kappa shape index (κ1) is 20.2. The van der Waals surface area contributed by atoms with E-state index in [0.29, 0.717) is 17.7 Å². The zero-order chi connectivity index (χ0) is 20.6. The summed E-state index contributed by atoms with van der Waals surface area (Å²) >= 11 is 0. The highest BCUT2D eigenvalue weighted by Crippen LogP contribution is 2.13. The summed E-state index contributed by atoms with van der Waals surface area (Å²) in [6.07, 6.45) is 7.16. The second-order valence-electron chi connectivity index (χ2n) is 6.90. The highest BCUT2D eigenvalue weighted by Gasteiger charge is 2.16. The second kappa shape index (κ2) is 9.59. The van der Waals surface area contributed by atoms with Crippen LogP contribution in [0.25, 0.3) is 0 Å². The van der Waals surface area contributed by atoms with Crippen LogP contribution in [0.3, 0.4) is 0 Å². The van der Waals surface area contributed by atoms with E-state index >= 15 is 0 Å². The molecule has 1 N–H and O–H groups in total. The SMILES string of the molecule is CC(NC(=O)c1cncc(C(=O)N(C)CCc2ccncc2)c1)c1ccccc1. The fraction of sp³-hybridized carbons (Fsp3) is 0.217. The lowest BCUT2D eigenvalue weighted by Gasteiger charge is -2.18. The number of aromatic nitrogens is 2. The molecule has 0 fully saturated rings. The molecular weight excluding hydrogens is 364 g/mol. The molecule has 6 nitrogen and oxygen atoms in total. The summed E-state index contributed by atoms with van der Waals surface area (Å²) < 4.78 is 0. The van der Waals surface area contributed by atoms with Crippen LogP contribution in [0, 0.1) is 0 Å². The third-order valence-electron chi connectivity index (χ3n) is 4.73. The number of pyridine rings is 2. The molecule has 1 aromatic carbocycles. The number of nitrogens with zero attached hydrogens (tertiary/aromatic N) is 3. The van der Waals surface area contributed by atoms with E-state index in [0.717, 1.165) is 17.5 Å². The minimum absolute atomic E-state index is 0.147. The summed E-state index contributed by atoms with van der Waals surface area (Å²) in [4.78, 5) is 35.0. The van der Waals surface area contributed by atoms with Crippen LogP contribution >= 0.6 is 0 Å². The molecular formula is C23H24N4O2. The van der Waals surface area contributed by atoms with Crippen molar-refractivity contribution in [1.29, 1.82) is 0 Å². The topological polar surface area (TPSA) is 75.2 Å². The van der Waals surface area contributed by atoms with Crippen LogP contribution < -0.4 is 5.32 Å². The third kappa shape index (κ3) is 5.48. The molecule has 0 bridgehead atoms. The number of nitrogens with one attached hydrogen (secondary N) is 1. The van der Waals surface area contributed by atoms with Gasteiger partial charge in [-0.2, -0.15) is 0 Å². The van der Waals surface area contributed by atoms with E-state index in [4.69, 9.17) is 0 Å². The predicted octanol–water partition coefficient (Wildman–Crippen LogP) is 3.28. The minimum atomic E-state index is -0.261. The fourth-order valence-electron chi connectivity index (χ4n) is 2.95. The van der Waals surface area contributed by atoms with Crippen molar-refractivity contribution in [3.63, 3.8) is 0 Å². The molecule has 2 heterocycles. The van der Waals surface area contributed by atoms with E-state index in [1.165, 1.54) is 12.4 Å².